The van der Waals surface area contributed by atoms with E-state index in [1.165, 1.54) is 35.0 Å². The van der Waals surface area contributed by atoms with Gasteiger partial charge in [0.25, 0.3) is 0 Å². The third kappa shape index (κ3) is 3.73. The number of carbonyl (C=O) groups is 2. The van der Waals surface area contributed by atoms with E-state index in [4.69, 9.17) is 0 Å². The normalized spacial score (nSPS) is 19.7. The van der Waals surface area contributed by atoms with Gasteiger partial charge in [0, 0.05) is 42.7 Å². The summed E-state index contributed by atoms with van der Waals surface area (Å²) < 4.78 is 0. The Balaban J connectivity index is 1.40. The van der Waals surface area contributed by atoms with E-state index >= 15 is 0 Å². The Kier molecular flexibility index (Phi) is 4.94. The summed E-state index contributed by atoms with van der Waals surface area (Å²) >= 11 is 0. The van der Waals surface area contributed by atoms with Crippen LogP contribution in [0.25, 0.3) is 10.9 Å². The van der Waals surface area contributed by atoms with Gasteiger partial charge >= 0.3 is 0 Å². The smallest absolute Gasteiger partial charge is 0.225 e. The number of nitrogens with zero attached hydrogens (tertiary/aromatic N) is 1. The summed E-state index contributed by atoms with van der Waals surface area (Å²) in [6.07, 6.45) is 5.13. The fraction of sp³-hybridized carbons (Fsp3) is 0.545. The second kappa shape index (κ2) is 7.37. The summed E-state index contributed by atoms with van der Waals surface area (Å²) in [5.41, 5.74) is 5.15. The molecule has 0 radical (unpaired) electrons. The number of amides is 2. The molecular formula is C22H29N3O2. The van der Waals surface area contributed by atoms with Gasteiger partial charge in [-0.2, -0.15) is 0 Å². The summed E-state index contributed by atoms with van der Waals surface area (Å²) in [4.78, 5) is 30.0. The summed E-state index contributed by atoms with van der Waals surface area (Å²) in [5, 5.41) is 4.35. The maximum absolute atomic E-state index is 12.5. The number of H-pyrrole nitrogens is 1. The first-order chi connectivity index (χ1) is 13.0. The summed E-state index contributed by atoms with van der Waals surface area (Å²) in [5.74, 6) is 0.296. The lowest BCUT2D eigenvalue weighted by Gasteiger charge is -2.18. The fourth-order valence-electron chi connectivity index (χ4n) is 4.46. The molecule has 27 heavy (non-hydrogen) atoms. The third-order valence-corrected chi connectivity index (χ3v) is 5.80. The van der Waals surface area contributed by atoms with E-state index in [1.807, 2.05) is 4.90 Å². The zero-order chi connectivity index (χ0) is 19.0. The Morgan fingerprint density at radius 3 is 2.93 bits per heavy atom. The summed E-state index contributed by atoms with van der Waals surface area (Å²) in [6.45, 7) is 5.99. The highest BCUT2D eigenvalue weighted by Crippen LogP contribution is 2.29. The molecule has 1 aliphatic heterocycles. The number of aryl methyl sites for hydroxylation is 2. The molecule has 2 N–H and O–H groups in total. The van der Waals surface area contributed by atoms with Gasteiger partial charge in [0.15, 0.2) is 0 Å². The number of rotatable bonds is 5. The molecule has 1 aliphatic carbocycles. The van der Waals surface area contributed by atoms with Crippen LogP contribution in [0, 0.1) is 11.8 Å². The predicted molar refractivity (Wildman–Crippen MR) is 106 cm³/mol. The Morgan fingerprint density at radius 2 is 2.11 bits per heavy atom. The van der Waals surface area contributed by atoms with Crippen LogP contribution in [0.3, 0.4) is 0 Å². The SMILES string of the molecule is CC(C)CN1C[C@@H](C(=O)NCc2ccc3[nH]c4c(c3c2)CCCC4)CC1=O. The molecule has 144 valence electrons. The van der Waals surface area contributed by atoms with E-state index in [0.29, 0.717) is 25.4 Å². The van der Waals surface area contributed by atoms with E-state index in [9.17, 15) is 9.59 Å². The maximum Gasteiger partial charge on any atom is 0.225 e. The van der Waals surface area contributed by atoms with Crippen molar-refractivity contribution in [2.45, 2.75) is 52.5 Å². The third-order valence-electron chi connectivity index (χ3n) is 5.80. The Labute approximate surface area is 160 Å². The zero-order valence-electron chi connectivity index (χ0n) is 16.3. The van der Waals surface area contributed by atoms with Crippen LogP contribution in [0.15, 0.2) is 18.2 Å². The number of carbonyl (C=O) groups excluding carboxylic acids is 2. The number of hydrogen-bond donors (Lipinski definition) is 2. The second-order valence-corrected chi connectivity index (χ2v) is 8.48. The van der Waals surface area contributed by atoms with Crippen molar-refractivity contribution >= 4 is 22.7 Å². The van der Waals surface area contributed by atoms with Crippen LogP contribution in [0.1, 0.15) is 49.9 Å². The Bertz CT molecular complexity index is 868. The molecule has 0 unspecified atom stereocenters. The molecule has 2 aromatic rings. The van der Waals surface area contributed by atoms with Gasteiger partial charge in [-0.3, -0.25) is 9.59 Å². The molecule has 0 saturated carbocycles. The average Bonchev–Trinajstić information content (AvgIpc) is 3.19. The second-order valence-electron chi connectivity index (χ2n) is 8.48. The minimum atomic E-state index is -0.222. The predicted octanol–water partition coefficient (Wildman–Crippen LogP) is 3.17. The van der Waals surface area contributed by atoms with Crippen molar-refractivity contribution in [3.8, 4) is 0 Å². The minimum Gasteiger partial charge on any atom is -0.358 e. The molecule has 1 aromatic carbocycles. The molecule has 1 fully saturated rings. The van der Waals surface area contributed by atoms with Crippen molar-refractivity contribution in [1.82, 2.24) is 15.2 Å². The molecule has 5 heteroatoms. The molecular weight excluding hydrogens is 338 g/mol. The van der Waals surface area contributed by atoms with Gasteiger partial charge in [-0.05, 0) is 54.9 Å². The average molecular weight is 367 g/mol. The van der Waals surface area contributed by atoms with Gasteiger partial charge < -0.3 is 15.2 Å². The number of aromatic amines is 1. The van der Waals surface area contributed by atoms with Crippen LogP contribution < -0.4 is 5.32 Å². The molecule has 2 amide bonds. The molecule has 4 rings (SSSR count). The van der Waals surface area contributed by atoms with E-state index in [2.05, 4.69) is 42.3 Å². The lowest BCUT2D eigenvalue weighted by atomic mass is 9.95. The molecule has 5 nitrogen and oxygen atoms in total. The van der Waals surface area contributed by atoms with Gasteiger partial charge in [-0.1, -0.05) is 19.9 Å². The standard InChI is InChI=1S/C22H29N3O2/c1-14(2)12-25-13-16(10-21(25)26)22(27)23-11-15-7-8-20-18(9-15)17-5-3-4-6-19(17)24-20/h7-9,14,16,24H,3-6,10-13H2,1-2H3,(H,23,27)/t16-/m0/s1. The number of aromatic nitrogens is 1. The maximum atomic E-state index is 12.5. The molecule has 0 bridgehead atoms. The van der Waals surface area contributed by atoms with Crippen LogP contribution in [0.2, 0.25) is 0 Å². The zero-order valence-corrected chi connectivity index (χ0v) is 16.3. The number of likely N-dealkylation sites (tertiary alicyclic amines) is 1. The minimum absolute atomic E-state index is 0.00852. The van der Waals surface area contributed by atoms with E-state index < -0.39 is 0 Å². The van der Waals surface area contributed by atoms with Crippen molar-refractivity contribution in [2.24, 2.45) is 11.8 Å². The fourth-order valence-corrected chi connectivity index (χ4v) is 4.46. The van der Waals surface area contributed by atoms with Crippen molar-refractivity contribution in [3.05, 3.63) is 35.0 Å². The summed E-state index contributed by atoms with van der Waals surface area (Å²) in [7, 11) is 0. The molecule has 0 spiro atoms. The Hall–Kier alpha value is -2.30. The largest absolute Gasteiger partial charge is 0.358 e. The van der Waals surface area contributed by atoms with Gasteiger partial charge in [0.2, 0.25) is 11.8 Å². The molecule has 2 aliphatic rings. The Morgan fingerprint density at radius 1 is 1.30 bits per heavy atom. The van der Waals surface area contributed by atoms with E-state index in [1.54, 1.807) is 0 Å². The first-order valence-corrected chi connectivity index (χ1v) is 10.2. The molecule has 1 atom stereocenters. The van der Waals surface area contributed by atoms with Crippen molar-refractivity contribution in [2.75, 3.05) is 13.1 Å². The van der Waals surface area contributed by atoms with Crippen molar-refractivity contribution in [3.63, 3.8) is 0 Å². The van der Waals surface area contributed by atoms with Gasteiger partial charge in [0.05, 0.1) is 5.92 Å². The van der Waals surface area contributed by atoms with Crippen molar-refractivity contribution in [1.29, 1.82) is 0 Å². The van der Waals surface area contributed by atoms with Gasteiger partial charge in [-0.25, -0.2) is 0 Å². The molecule has 1 saturated heterocycles. The monoisotopic (exact) mass is 367 g/mol. The number of nitrogens with one attached hydrogen (secondary N) is 2. The van der Waals surface area contributed by atoms with Crippen molar-refractivity contribution < 1.29 is 9.59 Å². The quantitative estimate of drug-likeness (QED) is 0.852. The molecule has 1 aromatic heterocycles. The lowest BCUT2D eigenvalue weighted by Crippen LogP contribution is -2.33. The highest BCUT2D eigenvalue weighted by molar-refractivity contribution is 5.89. The van der Waals surface area contributed by atoms with Crippen LogP contribution in [0.4, 0.5) is 0 Å². The van der Waals surface area contributed by atoms with Crippen LogP contribution in [0.5, 0.6) is 0 Å². The molecule has 2 heterocycles. The van der Waals surface area contributed by atoms with E-state index in [-0.39, 0.29) is 17.7 Å². The van der Waals surface area contributed by atoms with Gasteiger partial charge in [-0.15, -0.1) is 0 Å². The van der Waals surface area contributed by atoms with Crippen LogP contribution in [-0.2, 0) is 29.0 Å². The lowest BCUT2D eigenvalue weighted by molar-refractivity contribution is -0.129. The highest BCUT2D eigenvalue weighted by Gasteiger charge is 2.34. The summed E-state index contributed by atoms with van der Waals surface area (Å²) in [6, 6.07) is 6.41. The van der Waals surface area contributed by atoms with Crippen LogP contribution >= 0.6 is 0 Å². The number of fused-ring (bicyclic) bond motifs is 3. The van der Waals surface area contributed by atoms with Gasteiger partial charge in [0.1, 0.15) is 0 Å². The first kappa shape index (κ1) is 18.1. The highest BCUT2D eigenvalue weighted by atomic mass is 16.2. The first-order valence-electron chi connectivity index (χ1n) is 10.2. The van der Waals surface area contributed by atoms with E-state index in [0.717, 1.165) is 24.9 Å². The topological polar surface area (TPSA) is 65.2 Å². The van der Waals surface area contributed by atoms with Crippen LogP contribution in [-0.4, -0.2) is 34.8 Å². The number of benzene rings is 1. The number of hydrogen-bond acceptors (Lipinski definition) is 2.